The minimum atomic E-state index is -0.593. The molecule has 0 heterocycles. The van der Waals surface area contributed by atoms with Crippen molar-refractivity contribution in [2.24, 2.45) is 10.8 Å². The van der Waals surface area contributed by atoms with Gasteiger partial charge in [0.25, 0.3) is 11.8 Å². The zero-order chi connectivity index (χ0) is 18.9. The van der Waals surface area contributed by atoms with E-state index in [1.807, 2.05) is 6.92 Å². The van der Waals surface area contributed by atoms with Crippen molar-refractivity contribution in [2.45, 2.75) is 6.92 Å². The monoisotopic (exact) mass is 357 g/mol. The second kappa shape index (κ2) is 9.07. The molecule has 8 nitrogen and oxygen atoms in total. The summed E-state index contributed by atoms with van der Waals surface area (Å²) in [6.07, 6.45) is 1.41. The molecule has 2 rings (SSSR count). The Morgan fingerprint density at radius 2 is 1.96 bits per heavy atom. The SMILES string of the molecule is CCOc1cc(/C=N/NC(=O)c2ccccc2O)ccc1OCC(N)=O. The van der Waals surface area contributed by atoms with E-state index in [1.54, 1.807) is 30.3 Å². The van der Waals surface area contributed by atoms with Crippen LogP contribution in [0.15, 0.2) is 47.6 Å². The van der Waals surface area contributed by atoms with Crippen molar-refractivity contribution in [1.82, 2.24) is 5.43 Å². The highest BCUT2D eigenvalue weighted by Crippen LogP contribution is 2.28. The summed E-state index contributed by atoms with van der Waals surface area (Å²) in [5.74, 6) is -0.462. The Hall–Kier alpha value is -3.55. The number of amides is 2. The van der Waals surface area contributed by atoms with Crippen molar-refractivity contribution < 1.29 is 24.2 Å². The van der Waals surface area contributed by atoms with Gasteiger partial charge < -0.3 is 20.3 Å². The number of phenolic OH excluding ortho intramolecular Hbond substituents is 1. The van der Waals surface area contributed by atoms with E-state index in [-0.39, 0.29) is 17.9 Å². The maximum Gasteiger partial charge on any atom is 0.275 e. The molecule has 0 saturated carbocycles. The number of benzene rings is 2. The van der Waals surface area contributed by atoms with Crippen LogP contribution in [0.3, 0.4) is 0 Å². The molecule has 0 bridgehead atoms. The van der Waals surface area contributed by atoms with Crippen LogP contribution in [0.5, 0.6) is 17.2 Å². The van der Waals surface area contributed by atoms with Gasteiger partial charge in [-0.3, -0.25) is 9.59 Å². The molecule has 8 heteroatoms. The Bertz CT molecular complexity index is 820. The number of rotatable bonds is 8. The van der Waals surface area contributed by atoms with Crippen molar-refractivity contribution in [2.75, 3.05) is 13.2 Å². The normalized spacial score (nSPS) is 10.5. The van der Waals surface area contributed by atoms with Gasteiger partial charge >= 0.3 is 0 Å². The molecule has 0 atom stereocenters. The number of hydrazone groups is 1. The lowest BCUT2D eigenvalue weighted by Gasteiger charge is -2.11. The Kier molecular flexibility index (Phi) is 6.55. The number of para-hydroxylation sites is 1. The molecule has 2 aromatic rings. The zero-order valence-corrected chi connectivity index (χ0v) is 14.1. The van der Waals surface area contributed by atoms with E-state index in [4.69, 9.17) is 15.2 Å². The molecule has 0 saturated heterocycles. The zero-order valence-electron chi connectivity index (χ0n) is 14.1. The number of nitrogens with zero attached hydrogens (tertiary/aromatic N) is 1. The van der Waals surface area contributed by atoms with E-state index in [0.29, 0.717) is 23.7 Å². The molecular weight excluding hydrogens is 338 g/mol. The van der Waals surface area contributed by atoms with E-state index >= 15 is 0 Å². The van der Waals surface area contributed by atoms with Crippen molar-refractivity contribution in [1.29, 1.82) is 0 Å². The molecule has 0 aliphatic heterocycles. The van der Waals surface area contributed by atoms with Crippen LogP contribution in [0.2, 0.25) is 0 Å². The molecule has 136 valence electrons. The fourth-order valence-electron chi connectivity index (χ4n) is 2.03. The highest BCUT2D eigenvalue weighted by Gasteiger charge is 2.09. The number of ether oxygens (including phenoxy) is 2. The number of carbonyl (C=O) groups excluding carboxylic acids is 2. The molecule has 0 aliphatic carbocycles. The number of hydrogen-bond acceptors (Lipinski definition) is 6. The highest BCUT2D eigenvalue weighted by molar-refractivity contribution is 5.97. The maximum absolute atomic E-state index is 12.0. The van der Waals surface area contributed by atoms with Crippen molar-refractivity contribution in [3.63, 3.8) is 0 Å². The molecule has 0 unspecified atom stereocenters. The van der Waals surface area contributed by atoms with Gasteiger partial charge in [0.05, 0.1) is 18.4 Å². The lowest BCUT2D eigenvalue weighted by molar-refractivity contribution is -0.119. The first kappa shape index (κ1) is 18.8. The van der Waals surface area contributed by atoms with Gasteiger partial charge in [0.1, 0.15) is 5.75 Å². The summed E-state index contributed by atoms with van der Waals surface area (Å²) in [7, 11) is 0. The van der Waals surface area contributed by atoms with E-state index < -0.39 is 11.8 Å². The number of nitrogens with two attached hydrogens (primary N) is 1. The second-order valence-corrected chi connectivity index (χ2v) is 5.11. The number of phenols is 1. The quantitative estimate of drug-likeness (QED) is 0.487. The van der Waals surface area contributed by atoms with Gasteiger partial charge in [-0.1, -0.05) is 12.1 Å². The van der Waals surface area contributed by atoms with Crippen LogP contribution < -0.4 is 20.6 Å². The third-order valence-electron chi connectivity index (χ3n) is 3.17. The Labute approximate surface area is 150 Å². The van der Waals surface area contributed by atoms with Gasteiger partial charge in [-0.15, -0.1) is 0 Å². The average Bonchev–Trinajstić information content (AvgIpc) is 2.61. The first-order valence-electron chi connectivity index (χ1n) is 7.80. The van der Waals surface area contributed by atoms with Gasteiger partial charge in [0, 0.05) is 0 Å². The summed E-state index contributed by atoms with van der Waals surface area (Å²) in [6, 6.07) is 11.1. The minimum absolute atomic E-state index is 0.120. The van der Waals surface area contributed by atoms with E-state index in [0.717, 1.165) is 0 Å². The van der Waals surface area contributed by atoms with E-state index in [1.165, 1.54) is 18.3 Å². The molecule has 26 heavy (non-hydrogen) atoms. The lowest BCUT2D eigenvalue weighted by atomic mass is 10.2. The summed E-state index contributed by atoms with van der Waals surface area (Å²) in [4.78, 5) is 22.8. The highest BCUT2D eigenvalue weighted by atomic mass is 16.5. The summed E-state index contributed by atoms with van der Waals surface area (Å²) in [6.45, 7) is 1.95. The van der Waals surface area contributed by atoms with E-state index in [9.17, 15) is 14.7 Å². The van der Waals surface area contributed by atoms with Crippen LogP contribution in [0.1, 0.15) is 22.8 Å². The van der Waals surface area contributed by atoms with E-state index in [2.05, 4.69) is 10.5 Å². The maximum atomic E-state index is 12.0. The van der Waals surface area contributed by atoms with Crippen LogP contribution in [-0.4, -0.2) is 36.3 Å². The number of hydrogen-bond donors (Lipinski definition) is 3. The molecule has 0 aliphatic rings. The van der Waals surface area contributed by atoms with Gasteiger partial charge in [0.15, 0.2) is 18.1 Å². The predicted octanol–water partition coefficient (Wildman–Crippen LogP) is 1.42. The number of carbonyl (C=O) groups is 2. The smallest absolute Gasteiger partial charge is 0.275 e. The van der Waals surface area contributed by atoms with Crippen molar-refractivity contribution >= 4 is 18.0 Å². The van der Waals surface area contributed by atoms with Crippen LogP contribution >= 0.6 is 0 Å². The third kappa shape index (κ3) is 5.23. The van der Waals surface area contributed by atoms with Gasteiger partial charge in [0.2, 0.25) is 0 Å². The fourth-order valence-corrected chi connectivity index (χ4v) is 2.03. The van der Waals surface area contributed by atoms with Crippen molar-refractivity contribution in [3.8, 4) is 17.2 Å². The molecular formula is C18H19N3O5. The molecule has 0 radical (unpaired) electrons. The van der Waals surface area contributed by atoms with Crippen LogP contribution in [0, 0.1) is 0 Å². The molecule has 0 aromatic heterocycles. The summed E-state index contributed by atoms with van der Waals surface area (Å²) >= 11 is 0. The minimum Gasteiger partial charge on any atom is -0.507 e. The van der Waals surface area contributed by atoms with Crippen LogP contribution in [0.25, 0.3) is 0 Å². The number of nitrogens with one attached hydrogen (secondary N) is 1. The van der Waals surface area contributed by atoms with Crippen LogP contribution in [0.4, 0.5) is 0 Å². The Morgan fingerprint density at radius 1 is 1.19 bits per heavy atom. The molecule has 0 fully saturated rings. The summed E-state index contributed by atoms with van der Waals surface area (Å²) in [5.41, 5.74) is 8.15. The topological polar surface area (TPSA) is 123 Å². The third-order valence-corrected chi connectivity index (χ3v) is 3.17. The molecule has 4 N–H and O–H groups in total. The Balaban J connectivity index is 2.07. The number of aromatic hydroxyl groups is 1. The van der Waals surface area contributed by atoms with Crippen molar-refractivity contribution in [3.05, 3.63) is 53.6 Å². The summed E-state index contributed by atoms with van der Waals surface area (Å²) < 4.78 is 10.7. The fraction of sp³-hybridized carbons (Fsp3) is 0.167. The lowest BCUT2D eigenvalue weighted by Crippen LogP contribution is -2.20. The second-order valence-electron chi connectivity index (χ2n) is 5.11. The first-order valence-corrected chi connectivity index (χ1v) is 7.80. The average molecular weight is 357 g/mol. The van der Waals surface area contributed by atoms with Crippen LogP contribution in [-0.2, 0) is 4.79 Å². The molecule has 2 aromatic carbocycles. The Morgan fingerprint density at radius 3 is 2.65 bits per heavy atom. The summed E-state index contributed by atoms with van der Waals surface area (Å²) in [5, 5.41) is 13.5. The standard InChI is InChI=1S/C18H19N3O5/c1-2-25-16-9-12(7-8-15(16)26-11-17(19)23)10-20-21-18(24)13-5-3-4-6-14(13)22/h3-10,22H,2,11H2,1H3,(H2,19,23)(H,21,24)/b20-10+. The van der Waals surface area contributed by atoms with Gasteiger partial charge in [-0.05, 0) is 42.8 Å². The predicted molar refractivity (Wildman–Crippen MR) is 95.5 cm³/mol. The van der Waals surface area contributed by atoms with Gasteiger partial charge in [-0.25, -0.2) is 5.43 Å². The van der Waals surface area contributed by atoms with Gasteiger partial charge in [-0.2, -0.15) is 5.10 Å². The number of primary amides is 1. The molecule has 2 amide bonds. The first-order chi connectivity index (χ1) is 12.5. The largest absolute Gasteiger partial charge is 0.507 e. The molecule has 0 spiro atoms.